The molecule has 11 heteroatoms. The van der Waals surface area contributed by atoms with Gasteiger partial charge in [0.25, 0.3) is 0 Å². The van der Waals surface area contributed by atoms with Gasteiger partial charge in [0.15, 0.2) is 5.75 Å². The van der Waals surface area contributed by atoms with E-state index >= 15 is 0 Å². The number of nitrogens with one attached hydrogen (secondary N) is 1. The summed E-state index contributed by atoms with van der Waals surface area (Å²) in [6.45, 7) is 3.67. The van der Waals surface area contributed by atoms with E-state index in [2.05, 4.69) is 9.71 Å². The van der Waals surface area contributed by atoms with Crippen molar-refractivity contribution in [2.24, 2.45) is 0 Å². The van der Waals surface area contributed by atoms with Gasteiger partial charge in [-0.15, -0.1) is 0 Å². The second-order valence-electron chi connectivity index (χ2n) is 8.52. The maximum atomic E-state index is 12.8. The van der Waals surface area contributed by atoms with Crippen LogP contribution in [0, 0.1) is 0 Å². The van der Waals surface area contributed by atoms with Crippen LogP contribution in [-0.4, -0.2) is 61.1 Å². The van der Waals surface area contributed by atoms with Crippen molar-refractivity contribution in [2.75, 3.05) is 12.3 Å². The van der Waals surface area contributed by atoms with Crippen LogP contribution in [0.15, 0.2) is 48.5 Å². The SMILES string of the molecule is CC(C)OC(=O)N1CCC[C@@H](NS(=O)(=O)CC(F)(F)F)[C@H]1Cc1cccc(-c2ccccc2)n1. The number of hydrogen-bond donors (Lipinski definition) is 1. The van der Waals surface area contributed by atoms with Crippen molar-refractivity contribution in [1.29, 1.82) is 0 Å². The second-order valence-corrected chi connectivity index (χ2v) is 10.3. The number of alkyl halides is 3. The molecule has 3 rings (SSSR count). The first-order valence-electron chi connectivity index (χ1n) is 11.0. The second kappa shape index (κ2) is 10.7. The van der Waals surface area contributed by atoms with Crippen molar-refractivity contribution >= 4 is 16.1 Å². The van der Waals surface area contributed by atoms with Crippen LogP contribution >= 0.6 is 0 Å². The lowest BCUT2D eigenvalue weighted by Gasteiger charge is -2.41. The molecule has 1 aromatic heterocycles. The lowest BCUT2D eigenvalue weighted by Crippen LogP contribution is -2.58. The van der Waals surface area contributed by atoms with Crippen LogP contribution in [0.25, 0.3) is 11.3 Å². The average molecular weight is 500 g/mol. The monoisotopic (exact) mass is 499 g/mol. The van der Waals surface area contributed by atoms with Gasteiger partial charge in [-0.3, -0.25) is 4.98 Å². The number of amides is 1. The Morgan fingerprint density at radius 1 is 1.18 bits per heavy atom. The standard InChI is InChI=1S/C23H28F3N3O4S/c1-16(2)33-22(30)29-13-7-12-20(28-34(31,32)15-23(24,25)26)21(29)14-18-10-6-11-19(27-18)17-8-4-3-5-9-17/h3-6,8-11,16,20-21,28H,7,12-15H2,1-2H3/t20-,21-/m1/s1. The summed E-state index contributed by atoms with van der Waals surface area (Å²) in [4.78, 5) is 18.8. The summed E-state index contributed by atoms with van der Waals surface area (Å²) >= 11 is 0. The normalized spacial score (nSPS) is 19.3. The number of nitrogens with zero attached hydrogens (tertiary/aromatic N) is 2. The number of ether oxygens (including phenoxy) is 1. The van der Waals surface area contributed by atoms with Crippen LogP contribution in [-0.2, 0) is 21.2 Å². The average Bonchev–Trinajstić information content (AvgIpc) is 2.73. The predicted molar refractivity (Wildman–Crippen MR) is 121 cm³/mol. The fourth-order valence-corrected chi connectivity index (χ4v) is 5.26. The zero-order valence-electron chi connectivity index (χ0n) is 19.0. The Morgan fingerprint density at radius 2 is 1.88 bits per heavy atom. The highest BCUT2D eigenvalue weighted by Gasteiger charge is 2.41. The van der Waals surface area contributed by atoms with Gasteiger partial charge in [0.1, 0.15) is 0 Å². The van der Waals surface area contributed by atoms with E-state index in [1.165, 1.54) is 4.90 Å². The highest BCUT2D eigenvalue weighted by Crippen LogP contribution is 2.25. The number of pyridine rings is 1. The van der Waals surface area contributed by atoms with Gasteiger partial charge in [-0.2, -0.15) is 13.2 Å². The number of rotatable bonds is 7. The molecule has 0 saturated carbocycles. The first-order chi connectivity index (χ1) is 15.9. The summed E-state index contributed by atoms with van der Waals surface area (Å²) in [6.07, 6.45) is -5.08. The molecule has 1 aliphatic heterocycles. The van der Waals surface area contributed by atoms with Gasteiger partial charge in [-0.1, -0.05) is 36.4 Å². The van der Waals surface area contributed by atoms with E-state index in [1.807, 2.05) is 36.4 Å². The number of benzene rings is 1. The lowest BCUT2D eigenvalue weighted by molar-refractivity contribution is -0.106. The fourth-order valence-electron chi connectivity index (χ4n) is 4.01. The predicted octanol–water partition coefficient (Wildman–Crippen LogP) is 4.15. The highest BCUT2D eigenvalue weighted by molar-refractivity contribution is 7.89. The molecular weight excluding hydrogens is 471 g/mol. The molecule has 0 aliphatic carbocycles. The first kappa shape index (κ1) is 26.0. The van der Waals surface area contributed by atoms with Crippen molar-refractivity contribution in [3.8, 4) is 11.3 Å². The molecule has 0 unspecified atom stereocenters. The molecule has 2 heterocycles. The number of carbonyl (C=O) groups excluding carboxylic acids is 1. The molecule has 0 bridgehead atoms. The van der Waals surface area contributed by atoms with Crippen molar-refractivity contribution in [1.82, 2.24) is 14.6 Å². The lowest BCUT2D eigenvalue weighted by atomic mass is 9.93. The Kier molecular flexibility index (Phi) is 8.19. The summed E-state index contributed by atoms with van der Waals surface area (Å²) in [5.74, 6) is -1.98. The summed E-state index contributed by atoms with van der Waals surface area (Å²) in [7, 11) is -4.66. The molecule has 1 fully saturated rings. The first-order valence-corrected chi connectivity index (χ1v) is 12.6. The minimum Gasteiger partial charge on any atom is -0.447 e. The smallest absolute Gasteiger partial charge is 0.410 e. The van der Waals surface area contributed by atoms with E-state index in [9.17, 15) is 26.4 Å². The van der Waals surface area contributed by atoms with E-state index < -0.39 is 46.2 Å². The molecule has 1 aliphatic rings. The number of carbonyl (C=O) groups is 1. The molecule has 1 amide bonds. The molecule has 186 valence electrons. The van der Waals surface area contributed by atoms with Crippen LogP contribution < -0.4 is 4.72 Å². The fraction of sp³-hybridized carbons (Fsp3) is 0.478. The van der Waals surface area contributed by atoms with Crippen molar-refractivity contribution in [3.05, 3.63) is 54.2 Å². The Morgan fingerprint density at radius 3 is 2.53 bits per heavy atom. The molecule has 1 saturated heterocycles. The summed E-state index contributed by atoms with van der Waals surface area (Å²) in [6, 6.07) is 13.1. The van der Waals surface area contributed by atoms with Crippen molar-refractivity contribution in [3.63, 3.8) is 0 Å². The Hall–Kier alpha value is -2.66. The van der Waals surface area contributed by atoms with Crippen LogP contribution in [0.4, 0.5) is 18.0 Å². The van der Waals surface area contributed by atoms with E-state index in [-0.39, 0.29) is 12.8 Å². The molecular formula is C23H28F3N3O4S. The molecule has 7 nitrogen and oxygen atoms in total. The van der Waals surface area contributed by atoms with Crippen molar-refractivity contribution < 1.29 is 31.1 Å². The molecule has 0 spiro atoms. The zero-order valence-corrected chi connectivity index (χ0v) is 19.8. The maximum absolute atomic E-state index is 12.8. The third kappa shape index (κ3) is 7.42. The molecule has 0 radical (unpaired) electrons. The number of likely N-dealkylation sites (tertiary alicyclic amines) is 1. The number of sulfonamides is 1. The van der Waals surface area contributed by atoms with E-state index in [0.717, 1.165) is 5.56 Å². The number of hydrogen-bond acceptors (Lipinski definition) is 5. The third-order valence-corrected chi connectivity index (χ3v) is 6.70. The van der Waals surface area contributed by atoms with Crippen LogP contribution in [0.3, 0.4) is 0 Å². The minimum absolute atomic E-state index is 0.146. The van der Waals surface area contributed by atoms with Gasteiger partial charge in [-0.25, -0.2) is 17.9 Å². The van der Waals surface area contributed by atoms with Crippen LogP contribution in [0.5, 0.6) is 0 Å². The number of halogens is 3. The largest absolute Gasteiger partial charge is 0.447 e. The van der Waals surface area contributed by atoms with E-state index in [0.29, 0.717) is 24.4 Å². The Bertz CT molecular complexity index is 1080. The van der Waals surface area contributed by atoms with Gasteiger partial charge in [0.2, 0.25) is 10.0 Å². The quantitative estimate of drug-likeness (QED) is 0.618. The van der Waals surface area contributed by atoms with Gasteiger partial charge in [0.05, 0.1) is 17.8 Å². The summed E-state index contributed by atoms with van der Waals surface area (Å²) < 4.78 is 70.3. The number of aromatic nitrogens is 1. The van der Waals surface area contributed by atoms with Gasteiger partial charge >= 0.3 is 12.3 Å². The van der Waals surface area contributed by atoms with Crippen LogP contribution in [0.1, 0.15) is 32.4 Å². The van der Waals surface area contributed by atoms with Crippen LogP contribution in [0.2, 0.25) is 0 Å². The number of piperidine rings is 1. The zero-order chi connectivity index (χ0) is 24.9. The Labute approximate surface area is 197 Å². The summed E-state index contributed by atoms with van der Waals surface area (Å²) in [5, 5.41) is 0. The molecule has 1 N–H and O–H groups in total. The highest BCUT2D eigenvalue weighted by atomic mass is 32.2. The van der Waals surface area contributed by atoms with E-state index in [4.69, 9.17) is 4.74 Å². The van der Waals surface area contributed by atoms with Gasteiger partial charge in [0, 0.05) is 30.3 Å². The van der Waals surface area contributed by atoms with Gasteiger partial charge in [-0.05, 0) is 38.8 Å². The van der Waals surface area contributed by atoms with Gasteiger partial charge < -0.3 is 9.64 Å². The molecule has 2 atom stereocenters. The minimum atomic E-state index is -4.88. The third-order valence-electron chi connectivity index (χ3n) is 5.33. The molecule has 34 heavy (non-hydrogen) atoms. The Balaban J connectivity index is 1.90. The summed E-state index contributed by atoms with van der Waals surface area (Å²) in [5.41, 5.74) is 2.15. The maximum Gasteiger partial charge on any atom is 0.410 e. The van der Waals surface area contributed by atoms with E-state index in [1.54, 1.807) is 26.0 Å². The topological polar surface area (TPSA) is 88.6 Å². The molecule has 2 aromatic rings. The molecule has 1 aromatic carbocycles. The van der Waals surface area contributed by atoms with Crippen molar-refractivity contribution in [2.45, 2.75) is 57.5 Å².